The fourth-order valence-electron chi connectivity index (χ4n) is 14.2. The quantitative estimate of drug-likeness (QED) is 0.0152. The number of carbonyl (C=O) groups excluding carboxylic acids is 2. The minimum Gasteiger partial charge on any atom is -0.478 e. The first-order valence-corrected chi connectivity index (χ1v) is 49.1. The predicted octanol–water partition coefficient (Wildman–Crippen LogP) is 14.1. The zero-order valence-electron chi connectivity index (χ0n) is 72.9. The molecule has 3 heterocycles. The molecule has 7 N–H and O–H groups in total. The highest BCUT2D eigenvalue weighted by Gasteiger charge is 2.32. The molecule has 0 aromatic heterocycles. The van der Waals surface area contributed by atoms with E-state index in [1.165, 1.54) is 24.3 Å². The number of carbonyl (C=O) groups is 4. The highest BCUT2D eigenvalue weighted by atomic mass is 35.5. The number of nitrogens with two attached hydrogens (primary N) is 1. The molecule has 129 heavy (non-hydrogen) atoms. The van der Waals surface area contributed by atoms with Crippen molar-refractivity contribution in [2.75, 3.05) is 192 Å². The Morgan fingerprint density at radius 2 is 0.698 bits per heavy atom. The molecule has 8 aromatic rings. The van der Waals surface area contributed by atoms with E-state index in [1.807, 2.05) is 89.6 Å². The Kier molecular flexibility index (Phi) is 46.1. The summed E-state index contributed by atoms with van der Waals surface area (Å²) in [5, 5.41) is 23.5. The topological polar surface area (TPSA) is 366 Å². The summed E-state index contributed by atoms with van der Waals surface area (Å²) >= 11 is 38.2. The van der Waals surface area contributed by atoms with Gasteiger partial charge in [0.25, 0.3) is 5.91 Å². The van der Waals surface area contributed by atoms with Crippen LogP contribution in [0.25, 0.3) is 0 Å². The SMILES string of the molecule is CCOCCNS(=O)(=O)c1ccc(C2CN(C)Cc3c(Cl)cc(Cl)cc32)cc1.CCOCCOCCNC(=O)c1ccc(C(=O)CCCOCCOCCOCCCS(=O)(=O)c2ccc(C3CN(C)Cc4c(Cl)cc(Cl)cc43)cc2)cc1.CN1Cc2c(Cl)cc(Cl)cc2C(c2ccc(S(=O)(=O)NCCOCCOCCOCCN)cc2)C1.O=C(O)c1ccc(C(=O)O)cc1. The first-order valence-electron chi connectivity index (χ1n) is 42.2. The molecule has 11 rings (SSSR count). The lowest BCUT2D eigenvalue weighted by Crippen LogP contribution is -2.31. The van der Waals surface area contributed by atoms with E-state index >= 15 is 0 Å². The third kappa shape index (κ3) is 35.3. The third-order valence-corrected chi connectivity index (χ3v) is 27.1. The van der Waals surface area contributed by atoms with Crippen molar-refractivity contribution in [1.29, 1.82) is 0 Å². The maximum absolute atomic E-state index is 13.0. The van der Waals surface area contributed by atoms with Gasteiger partial charge in [-0.05, 0) is 207 Å². The zero-order valence-corrected chi connectivity index (χ0v) is 79.9. The predicted molar refractivity (Wildman–Crippen MR) is 501 cm³/mol. The molecule has 3 atom stereocenters. The van der Waals surface area contributed by atoms with Gasteiger partial charge in [0.2, 0.25) is 20.0 Å². The number of aromatic carboxylic acids is 2. The molecule has 0 saturated carbocycles. The van der Waals surface area contributed by atoms with Crippen molar-refractivity contribution in [3.05, 3.63) is 260 Å². The summed E-state index contributed by atoms with van der Waals surface area (Å²) in [6.45, 7) is 17.4. The average molecular weight is 1960 g/mol. The second kappa shape index (κ2) is 55.5. The second-order valence-corrected chi connectivity index (χ2v) is 38.5. The maximum atomic E-state index is 13.0. The first kappa shape index (κ1) is 107. The minimum absolute atomic E-state index is 0.0149. The summed E-state index contributed by atoms with van der Waals surface area (Å²) in [4.78, 5) is 52.8. The van der Waals surface area contributed by atoms with Crippen molar-refractivity contribution >= 4 is 123 Å². The van der Waals surface area contributed by atoms with Crippen molar-refractivity contribution in [2.45, 2.75) is 85.2 Å². The molecule has 0 spiro atoms. The number of nitrogens with zero attached hydrogens (tertiary/aromatic N) is 3. The van der Waals surface area contributed by atoms with Crippen LogP contribution >= 0.6 is 69.6 Å². The van der Waals surface area contributed by atoms with E-state index in [0.29, 0.717) is 186 Å². The van der Waals surface area contributed by atoms with Crippen LogP contribution < -0.4 is 20.5 Å². The first-order chi connectivity index (χ1) is 61.8. The molecule has 37 heteroatoms. The fraction of sp³-hybridized carbons (Fsp3) is 0.435. The Morgan fingerprint density at radius 1 is 0.388 bits per heavy atom. The normalized spacial score (nSPS) is 15.2. The van der Waals surface area contributed by atoms with Crippen molar-refractivity contribution in [1.82, 2.24) is 29.5 Å². The number of sulfonamides is 2. The highest BCUT2D eigenvalue weighted by molar-refractivity contribution is 7.91. The Balaban J connectivity index is 0.000000235. The number of carboxylic acids is 2. The van der Waals surface area contributed by atoms with E-state index in [1.54, 1.807) is 78.9 Å². The van der Waals surface area contributed by atoms with Gasteiger partial charge in [0.1, 0.15) is 0 Å². The zero-order chi connectivity index (χ0) is 93.5. The molecule has 0 saturated heterocycles. The number of hydrogen-bond donors (Lipinski definition) is 6. The maximum Gasteiger partial charge on any atom is 0.335 e. The van der Waals surface area contributed by atoms with E-state index in [-0.39, 0.29) is 80.7 Å². The molecular weight excluding hydrogens is 1850 g/mol. The molecule has 704 valence electrons. The van der Waals surface area contributed by atoms with Crippen LogP contribution in [0.3, 0.4) is 0 Å². The van der Waals surface area contributed by atoms with Crippen LogP contribution in [0.5, 0.6) is 0 Å². The summed E-state index contributed by atoms with van der Waals surface area (Å²) in [5.74, 6) is -2.21. The van der Waals surface area contributed by atoms with Gasteiger partial charge in [-0.1, -0.05) is 118 Å². The van der Waals surface area contributed by atoms with E-state index in [0.717, 1.165) is 89.3 Å². The largest absolute Gasteiger partial charge is 0.478 e. The van der Waals surface area contributed by atoms with Crippen LogP contribution in [-0.4, -0.2) is 265 Å². The van der Waals surface area contributed by atoms with Crippen molar-refractivity contribution in [2.24, 2.45) is 5.73 Å². The van der Waals surface area contributed by atoms with Gasteiger partial charge in [0, 0.05) is 157 Å². The number of nitrogens with one attached hydrogen (secondary N) is 3. The van der Waals surface area contributed by atoms with Gasteiger partial charge in [-0.25, -0.2) is 44.3 Å². The number of carboxylic acid groups (broad SMARTS) is 2. The van der Waals surface area contributed by atoms with Crippen molar-refractivity contribution < 1.29 is 97.3 Å². The Morgan fingerprint density at radius 3 is 1.07 bits per heavy atom. The van der Waals surface area contributed by atoms with E-state index in [9.17, 15) is 44.4 Å². The number of sulfone groups is 1. The number of rotatable bonds is 48. The van der Waals surface area contributed by atoms with Gasteiger partial charge in [0.05, 0.1) is 124 Å². The summed E-state index contributed by atoms with van der Waals surface area (Å²) in [7, 11) is -4.54. The number of Topliss-reactive ketones (excluding diaryl/α,β-unsaturated/α-hetero) is 1. The number of amides is 1. The number of fused-ring (bicyclic) bond motifs is 3. The van der Waals surface area contributed by atoms with Crippen LogP contribution in [0, 0.1) is 0 Å². The van der Waals surface area contributed by atoms with Gasteiger partial charge >= 0.3 is 11.9 Å². The number of ether oxygens (including phenoxy) is 9. The summed E-state index contributed by atoms with van der Waals surface area (Å²) < 4.78 is 130. The molecule has 0 bridgehead atoms. The molecule has 8 aromatic carbocycles. The second-order valence-electron chi connectivity index (χ2n) is 30.3. The van der Waals surface area contributed by atoms with Gasteiger partial charge in [-0.2, -0.15) is 0 Å². The summed E-state index contributed by atoms with van der Waals surface area (Å²) in [6.07, 6.45) is 1.27. The number of benzene rings is 8. The minimum atomic E-state index is -3.64. The smallest absolute Gasteiger partial charge is 0.335 e. The fourth-order valence-corrected chi connectivity index (χ4v) is 19.3. The summed E-state index contributed by atoms with van der Waals surface area (Å²) in [6, 6.07) is 43.8. The molecule has 28 nitrogen and oxygen atoms in total. The van der Waals surface area contributed by atoms with Gasteiger partial charge < -0.3 is 78.6 Å². The molecular formula is C92H115Cl6N7O21S3. The van der Waals surface area contributed by atoms with Gasteiger partial charge in [-0.15, -0.1) is 0 Å². The molecule has 3 aliphatic heterocycles. The standard InChI is InChI=1S/C40H52Cl2N2O9S.C24H33Cl2N3O5S.C20H24Cl2N2O3S.C8H6O4/c1-3-49-19-20-52-18-15-43-40(46)32-9-7-31(8-10-32)39(45)6-4-16-50-21-23-53-24-22-51-17-5-25-54(47,48)34-13-11-30(12-14-34)36-28-44(2)29-37-35(36)26-33(41)27-38(37)42;1-29-16-22(21-14-19(25)15-24(26)23(21)17-29)18-2-4-20(5-3-18)35(30,31)28-7-9-33-11-13-34-12-10-32-8-6-27;1-3-27-9-8-23-28(25,26)16-6-4-14(5-7-16)18-12-24(2)13-19-17(18)10-15(21)11-20(19)22;9-7(10)5-1-2-6(4-3-5)8(11)12/h7-14,26-27,36H,3-6,15-25,28-29H2,1-2H3,(H,43,46);2-5,14-15,22,28H,6-13,16-17,27H2,1H3;4-7,10-11,18,23H,3,8-9,12-13H2,1-2H3;1-4H,(H,9,10)(H,11,12). The Hall–Kier alpha value is -7.17. The lowest BCUT2D eigenvalue weighted by molar-refractivity contribution is 0.0142. The lowest BCUT2D eigenvalue weighted by Gasteiger charge is -2.33. The van der Waals surface area contributed by atoms with Gasteiger partial charge in [0.15, 0.2) is 15.6 Å². The molecule has 3 unspecified atom stereocenters. The van der Waals surface area contributed by atoms with E-state index in [4.69, 9.17) is 128 Å². The van der Waals surface area contributed by atoms with Crippen LogP contribution in [-0.2, 0) is 92.1 Å². The van der Waals surface area contributed by atoms with Gasteiger partial charge in [-0.3, -0.25) is 9.59 Å². The number of hydrogen-bond acceptors (Lipinski definition) is 23. The van der Waals surface area contributed by atoms with E-state index < -0.39 is 41.8 Å². The third-order valence-electron chi connectivity index (χ3n) is 20.7. The van der Waals surface area contributed by atoms with E-state index in [2.05, 4.69) is 29.5 Å². The molecule has 3 aliphatic rings. The average Bonchev–Trinajstić information content (AvgIpc) is 0.781. The van der Waals surface area contributed by atoms with Crippen LogP contribution in [0.15, 0.2) is 172 Å². The lowest BCUT2D eigenvalue weighted by atomic mass is 9.85. The molecule has 0 aliphatic carbocycles. The van der Waals surface area contributed by atoms with Crippen molar-refractivity contribution in [3.8, 4) is 0 Å². The van der Waals surface area contributed by atoms with Crippen LogP contribution in [0.2, 0.25) is 30.1 Å². The number of ketones is 1. The number of halogens is 6. The molecule has 0 fully saturated rings. The highest BCUT2D eigenvalue weighted by Crippen LogP contribution is 2.42. The monoisotopic (exact) mass is 1960 g/mol. The number of likely N-dealkylation sites (N-methyl/N-ethyl adjacent to an activating group) is 3. The molecule has 0 radical (unpaired) electrons. The molecule has 1 amide bonds. The Bertz CT molecular complexity index is 5200. The van der Waals surface area contributed by atoms with Crippen LogP contribution in [0.1, 0.15) is 142 Å². The summed E-state index contributed by atoms with van der Waals surface area (Å²) in [5.41, 5.74) is 16.0. The van der Waals surface area contributed by atoms with Crippen LogP contribution in [0.4, 0.5) is 0 Å². The van der Waals surface area contributed by atoms with Crippen molar-refractivity contribution in [3.63, 3.8) is 0 Å². The Labute approximate surface area is 786 Å².